The summed E-state index contributed by atoms with van der Waals surface area (Å²) in [5.74, 6) is -0.831. The summed E-state index contributed by atoms with van der Waals surface area (Å²) in [5.41, 5.74) is 0.721. The highest BCUT2D eigenvalue weighted by Gasteiger charge is 2.06. The third-order valence-corrected chi connectivity index (χ3v) is 2.33. The Bertz CT molecular complexity index is 423. The van der Waals surface area contributed by atoms with Gasteiger partial charge in [0.2, 0.25) is 0 Å². The summed E-state index contributed by atoms with van der Waals surface area (Å²) in [4.78, 5) is 15.3. The lowest BCUT2D eigenvalue weighted by atomic mass is 10.3. The Morgan fingerprint density at radius 2 is 2.46 bits per heavy atom. The SMILES string of the molecule is Cl.O=C(O)Cc1cnc2sccn12. The molecule has 0 aliphatic heterocycles. The van der Waals surface area contributed by atoms with Crippen molar-refractivity contribution in [3.05, 3.63) is 23.5 Å². The van der Waals surface area contributed by atoms with Gasteiger partial charge in [-0.1, -0.05) is 0 Å². The molecule has 0 bridgehead atoms. The van der Waals surface area contributed by atoms with E-state index >= 15 is 0 Å². The van der Waals surface area contributed by atoms with Gasteiger partial charge in [0.25, 0.3) is 0 Å². The van der Waals surface area contributed by atoms with E-state index in [1.54, 1.807) is 10.6 Å². The van der Waals surface area contributed by atoms with Crippen molar-refractivity contribution in [2.45, 2.75) is 6.42 Å². The third-order valence-electron chi connectivity index (χ3n) is 1.56. The van der Waals surface area contributed by atoms with Gasteiger partial charge >= 0.3 is 5.97 Å². The molecule has 2 heterocycles. The van der Waals surface area contributed by atoms with Crippen LogP contribution < -0.4 is 0 Å². The van der Waals surface area contributed by atoms with Crippen LogP contribution in [0.4, 0.5) is 0 Å². The van der Waals surface area contributed by atoms with Crippen LogP contribution in [-0.4, -0.2) is 20.5 Å². The van der Waals surface area contributed by atoms with E-state index in [1.165, 1.54) is 11.3 Å². The summed E-state index contributed by atoms with van der Waals surface area (Å²) >= 11 is 1.49. The molecule has 13 heavy (non-hydrogen) atoms. The number of hydrogen-bond acceptors (Lipinski definition) is 3. The number of carboxylic acids is 1. The Kier molecular flexibility index (Phi) is 2.90. The molecule has 0 saturated carbocycles. The zero-order valence-corrected chi connectivity index (χ0v) is 8.14. The minimum atomic E-state index is -0.831. The van der Waals surface area contributed by atoms with Gasteiger partial charge in [0.05, 0.1) is 18.3 Å². The van der Waals surface area contributed by atoms with Crippen molar-refractivity contribution in [2.24, 2.45) is 0 Å². The Morgan fingerprint density at radius 1 is 1.69 bits per heavy atom. The van der Waals surface area contributed by atoms with Crippen molar-refractivity contribution in [3.63, 3.8) is 0 Å². The molecule has 0 aromatic carbocycles. The average Bonchev–Trinajstić information content (AvgIpc) is 2.52. The van der Waals surface area contributed by atoms with Gasteiger partial charge in [-0.25, -0.2) is 4.98 Å². The van der Waals surface area contributed by atoms with Crippen molar-refractivity contribution in [3.8, 4) is 0 Å². The molecule has 1 N–H and O–H groups in total. The zero-order valence-electron chi connectivity index (χ0n) is 6.51. The minimum Gasteiger partial charge on any atom is -0.481 e. The third kappa shape index (κ3) is 1.81. The Morgan fingerprint density at radius 3 is 3.15 bits per heavy atom. The van der Waals surface area contributed by atoms with Crippen LogP contribution in [0, 0.1) is 0 Å². The van der Waals surface area contributed by atoms with E-state index in [0.717, 1.165) is 10.7 Å². The molecule has 2 rings (SSSR count). The van der Waals surface area contributed by atoms with E-state index in [4.69, 9.17) is 5.11 Å². The molecule has 0 radical (unpaired) electrons. The van der Waals surface area contributed by atoms with Crippen LogP contribution in [0.1, 0.15) is 5.69 Å². The summed E-state index contributed by atoms with van der Waals surface area (Å²) in [6.07, 6.45) is 3.45. The number of imidazole rings is 1. The molecular weight excluding hydrogens is 212 g/mol. The van der Waals surface area contributed by atoms with Crippen molar-refractivity contribution >= 4 is 34.7 Å². The number of aliphatic carboxylic acids is 1. The Balaban J connectivity index is 0.000000845. The highest BCUT2D eigenvalue weighted by molar-refractivity contribution is 7.15. The molecular formula is C7H7ClN2O2S. The van der Waals surface area contributed by atoms with Gasteiger partial charge < -0.3 is 5.11 Å². The number of aromatic nitrogens is 2. The van der Waals surface area contributed by atoms with Crippen molar-refractivity contribution < 1.29 is 9.90 Å². The van der Waals surface area contributed by atoms with Gasteiger partial charge in [-0.15, -0.1) is 23.7 Å². The molecule has 0 saturated heterocycles. The smallest absolute Gasteiger partial charge is 0.309 e. The van der Waals surface area contributed by atoms with E-state index in [9.17, 15) is 4.79 Å². The standard InChI is InChI=1S/C7H6N2O2S.ClH/c10-6(11)3-5-4-8-7-9(5)1-2-12-7;/h1-2,4H,3H2,(H,10,11);1H. The maximum atomic E-state index is 10.4. The van der Waals surface area contributed by atoms with Crippen LogP contribution in [0.3, 0.4) is 0 Å². The number of halogens is 1. The molecule has 0 aliphatic rings. The maximum Gasteiger partial charge on any atom is 0.309 e. The number of thiazole rings is 1. The van der Waals surface area contributed by atoms with Crippen molar-refractivity contribution in [2.75, 3.05) is 0 Å². The number of carboxylic acid groups (broad SMARTS) is 1. The molecule has 6 heteroatoms. The first-order valence-electron chi connectivity index (χ1n) is 3.38. The highest BCUT2D eigenvalue weighted by Crippen LogP contribution is 2.12. The van der Waals surface area contributed by atoms with Gasteiger partial charge in [0.1, 0.15) is 0 Å². The van der Waals surface area contributed by atoms with E-state index in [0.29, 0.717) is 0 Å². The van der Waals surface area contributed by atoms with Gasteiger partial charge in [-0.3, -0.25) is 9.20 Å². The lowest BCUT2D eigenvalue weighted by Crippen LogP contribution is -2.01. The Labute approximate surface area is 84.2 Å². The predicted molar refractivity (Wildman–Crippen MR) is 51.7 cm³/mol. The molecule has 0 aliphatic carbocycles. The molecule has 0 atom stereocenters. The quantitative estimate of drug-likeness (QED) is 0.830. The largest absolute Gasteiger partial charge is 0.481 e. The average molecular weight is 219 g/mol. The van der Waals surface area contributed by atoms with Gasteiger partial charge in [-0.2, -0.15) is 0 Å². The van der Waals surface area contributed by atoms with E-state index in [-0.39, 0.29) is 18.8 Å². The minimum absolute atomic E-state index is 0. The van der Waals surface area contributed by atoms with Gasteiger partial charge in [0.15, 0.2) is 4.96 Å². The van der Waals surface area contributed by atoms with Gasteiger partial charge in [0, 0.05) is 11.6 Å². The first kappa shape index (κ1) is 10.0. The molecule has 2 aromatic heterocycles. The Hall–Kier alpha value is -1.07. The topological polar surface area (TPSA) is 54.6 Å². The number of rotatable bonds is 2. The fourth-order valence-corrected chi connectivity index (χ4v) is 1.77. The molecule has 0 unspecified atom stereocenters. The van der Waals surface area contributed by atoms with Crippen LogP contribution in [0.2, 0.25) is 0 Å². The summed E-state index contributed by atoms with van der Waals surface area (Å²) in [5, 5.41) is 10.4. The lowest BCUT2D eigenvalue weighted by molar-refractivity contribution is -0.136. The summed E-state index contributed by atoms with van der Waals surface area (Å²) in [7, 11) is 0. The molecule has 70 valence electrons. The van der Waals surface area contributed by atoms with E-state index in [1.807, 2.05) is 11.6 Å². The maximum absolute atomic E-state index is 10.4. The fraction of sp³-hybridized carbons (Fsp3) is 0.143. The van der Waals surface area contributed by atoms with Crippen LogP contribution in [0.5, 0.6) is 0 Å². The zero-order chi connectivity index (χ0) is 8.55. The van der Waals surface area contributed by atoms with Crippen molar-refractivity contribution in [1.29, 1.82) is 0 Å². The van der Waals surface area contributed by atoms with Crippen LogP contribution in [-0.2, 0) is 11.2 Å². The molecule has 0 spiro atoms. The molecule has 2 aromatic rings. The fourth-order valence-electron chi connectivity index (χ4n) is 1.06. The number of hydrogen-bond donors (Lipinski definition) is 1. The molecule has 0 fully saturated rings. The summed E-state index contributed by atoms with van der Waals surface area (Å²) < 4.78 is 1.79. The van der Waals surface area contributed by atoms with E-state index in [2.05, 4.69) is 4.98 Å². The van der Waals surface area contributed by atoms with Crippen LogP contribution >= 0.6 is 23.7 Å². The normalized spacial score (nSPS) is 9.85. The van der Waals surface area contributed by atoms with Crippen molar-refractivity contribution in [1.82, 2.24) is 9.38 Å². The predicted octanol–water partition coefficient (Wildman–Crippen LogP) is 1.44. The van der Waals surface area contributed by atoms with Crippen LogP contribution in [0.15, 0.2) is 17.8 Å². The second-order valence-corrected chi connectivity index (χ2v) is 3.25. The second-order valence-electron chi connectivity index (χ2n) is 2.38. The highest BCUT2D eigenvalue weighted by atomic mass is 35.5. The molecule has 0 amide bonds. The first-order valence-corrected chi connectivity index (χ1v) is 4.26. The molecule has 4 nitrogen and oxygen atoms in total. The van der Waals surface area contributed by atoms with Gasteiger partial charge in [-0.05, 0) is 0 Å². The summed E-state index contributed by atoms with van der Waals surface area (Å²) in [6, 6.07) is 0. The van der Waals surface area contributed by atoms with Crippen LogP contribution in [0.25, 0.3) is 4.96 Å². The number of nitrogens with zero attached hydrogens (tertiary/aromatic N) is 2. The lowest BCUT2D eigenvalue weighted by Gasteiger charge is -1.91. The summed E-state index contributed by atoms with van der Waals surface area (Å²) in [6.45, 7) is 0. The number of fused-ring (bicyclic) bond motifs is 1. The second kappa shape index (κ2) is 3.76. The first-order chi connectivity index (χ1) is 5.77. The number of carbonyl (C=O) groups is 1. The van der Waals surface area contributed by atoms with E-state index < -0.39 is 5.97 Å². The monoisotopic (exact) mass is 218 g/mol.